The van der Waals surface area contributed by atoms with E-state index in [0.717, 1.165) is 11.3 Å². The number of aryl methyl sites for hydroxylation is 1. The zero-order valence-corrected chi connectivity index (χ0v) is 16.8. The van der Waals surface area contributed by atoms with E-state index in [0.29, 0.717) is 23.6 Å². The molecule has 150 valence electrons. The SMILES string of the molecule is CCOc1ccc(-c2nn(-c3ccccc3)c(C(=O)OC)c2C(=O)OC)cc1C. The predicted octanol–water partition coefficient (Wildman–Crippen LogP) is 3.82. The van der Waals surface area contributed by atoms with Crippen LogP contribution in [-0.4, -0.2) is 42.5 Å². The molecule has 2 aromatic carbocycles. The fourth-order valence-electron chi connectivity index (χ4n) is 3.07. The Balaban J connectivity index is 2.29. The molecule has 0 radical (unpaired) electrons. The summed E-state index contributed by atoms with van der Waals surface area (Å²) < 4.78 is 16.9. The minimum absolute atomic E-state index is 0.00656. The second-order valence-corrected chi connectivity index (χ2v) is 6.22. The lowest BCUT2D eigenvalue weighted by Crippen LogP contribution is -2.15. The van der Waals surface area contributed by atoms with Crippen LogP contribution in [0.25, 0.3) is 16.9 Å². The first-order valence-corrected chi connectivity index (χ1v) is 9.10. The first-order valence-electron chi connectivity index (χ1n) is 9.10. The van der Waals surface area contributed by atoms with Crippen molar-refractivity contribution in [2.45, 2.75) is 13.8 Å². The van der Waals surface area contributed by atoms with E-state index in [2.05, 4.69) is 5.10 Å². The standard InChI is InChI=1S/C22H22N2O5/c1-5-29-17-12-11-15(13-14(17)2)19-18(21(25)27-3)20(22(26)28-4)24(23-19)16-9-7-6-8-10-16/h6-13H,5H2,1-4H3. The maximum Gasteiger partial charge on any atom is 0.357 e. The van der Waals surface area contributed by atoms with Gasteiger partial charge in [-0.05, 0) is 49.7 Å². The molecule has 0 aliphatic heterocycles. The number of ether oxygens (including phenoxy) is 3. The molecule has 0 saturated heterocycles. The molecule has 1 heterocycles. The highest BCUT2D eigenvalue weighted by Crippen LogP contribution is 2.31. The number of esters is 2. The predicted molar refractivity (Wildman–Crippen MR) is 108 cm³/mol. The minimum Gasteiger partial charge on any atom is -0.494 e. The lowest BCUT2D eigenvalue weighted by molar-refractivity contribution is 0.0549. The maximum absolute atomic E-state index is 12.6. The van der Waals surface area contributed by atoms with E-state index in [1.54, 1.807) is 18.2 Å². The first-order chi connectivity index (χ1) is 14.0. The van der Waals surface area contributed by atoms with Crippen molar-refractivity contribution in [1.82, 2.24) is 9.78 Å². The van der Waals surface area contributed by atoms with E-state index in [-0.39, 0.29) is 11.3 Å². The summed E-state index contributed by atoms with van der Waals surface area (Å²) in [7, 11) is 2.52. The van der Waals surface area contributed by atoms with Gasteiger partial charge in [-0.15, -0.1) is 0 Å². The Labute approximate surface area is 168 Å². The van der Waals surface area contributed by atoms with Crippen LogP contribution >= 0.6 is 0 Å². The molecule has 3 aromatic rings. The second-order valence-electron chi connectivity index (χ2n) is 6.22. The molecule has 1 aromatic heterocycles. The number of methoxy groups -OCH3 is 2. The Bertz CT molecular complexity index is 1040. The largest absolute Gasteiger partial charge is 0.494 e. The van der Waals surface area contributed by atoms with Gasteiger partial charge in [-0.3, -0.25) is 0 Å². The van der Waals surface area contributed by atoms with Crippen molar-refractivity contribution in [1.29, 1.82) is 0 Å². The fourth-order valence-corrected chi connectivity index (χ4v) is 3.07. The van der Waals surface area contributed by atoms with Crippen molar-refractivity contribution in [3.05, 3.63) is 65.4 Å². The van der Waals surface area contributed by atoms with Gasteiger partial charge in [-0.1, -0.05) is 18.2 Å². The average molecular weight is 394 g/mol. The van der Waals surface area contributed by atoms with Gasteiger partial charge in [0.25, 0.3) is 0 Å². The topological polar surface area (TPSA) is 79.7 Å². The average Bonchev–Trinajstić information content (AvgIpc) is 3.15. The zero-order valence-electron chi connectivity index (χ0n) is 16.8. The quantitative estimate of drug-likeness (QED) is 0.592. The summed E-state index contributed by atoms with van der Waals surface area (Å²) in [5.41, 5.74) is 2.54. The highest BCUT2D eigenvalue weighted by atomic mass is 16.5. The van der Waals surface area contributed by atoms with Crippen molar-refractivity contribution in [2.24, 2.45) is 0 Å². The van der Waals surface area contributed by atoms with E-state index in [1.807, 2.05) is 44.2 Å². The third-order valence-corrected chi connectivity index (χ3v) is 4.40. The first kappa shape index (κ1) is 20.1. The van der Waals surface area contributed by atoms with Gasteiger partial charge >= 0.3 is 11.9 Å². The fraction of sp³-hybridized carbons (Fsp3) is 0.227. The summed E-state index contributed by atoms with van der Waals surface area (Å²) >= 11 is 0. The van der Waals surface area contributed by atoms with Gasteiger partial charge in [-0.2, -0.15) is 5.10 Å². The number of hydrogen-bond donors (Lipinski definition) is 0. The highest BCUT2D eigenvalue weighted by molar-refractivity contribution is 6.06. The number of aromatic nitrogens is 2. The van der Waals surface area contributed by atoms with Crippen molar-refractivity contribution in [3.63, 3.8) is 0 Å². The van der Waals surface area contributed by atoms with Crippen LogP contribution in [0.2, 0.25) is 0 Å². The van der Waals surface area contributed by atoms with Gasteiger partial charge in [0.2, 0.25) is 0 Å². The number of carbonyl (C=O) groups is 2. The van der Waals surface area contributed by atoms with E-state index in [1.165, 1.54) is 18.9 Å². The molecule has 7 nitrogen and oxygen atoms in total. The molecule has 7 heteroatoms. The second kappa shape index (κ2) is 8.60. The lowest BCUT2D eigenvalue weighted by Gasteiger charge is -2.09. The van der Waals surface area contributed by atoms with Crippen molar-refractivity contribution >= 4 is 11.9 Å². The summed E-state index contributed by atoms with van der Waals surface area (Å²) in [6.45, 7) is 4.36. The van der Waals surface area contributed by atoms with Crippen LogP contribution in [0.4, 0.5) is 0 Å². The van der Waals surface area contributed by atoms with E-state index < -0.39 is 11.9 Å². The molecule has 3 rings (SSSR count). The van der Waals surface area contributed by atoms with E-state index in [9.17, 15) is 9.59 Å². The molecule has 0 aliphatic rings. The van der Waals surface area contributed by atoms with Crippen LogP contribution in [0, 0.1) is 6.92 Å². The molecule has 29 heavy (non-hydrogen) atoms. The minimum atomic E-state index is -0.685. The molecule has 0 amide bonds. The zero-order chi connectivity index (χ0) is 21.0. The molecule has 0 bridgehead atoms. The number of carbonyl (C=O) groups excluding carboxylic acids is 2. The Morgan fingerprint density at radius 2 is 1.69 bits per heavy atom. The van der Waals surface area contributed by atoms with E-state index in [4.69, 9.17) is 14.2 Å². The van der Waals surface area contributed by atoms with Gasteiger partial charge in [0.1, 0.15) is 17.0 Å². The van der Waals surface area contributed by atoms with Gasteiger partial charge < -0.3 is 14.2 Å². The number of para-hydroxylation sites is 1. The van der Waals surface area contributed by atoms with Gasteiger partial charge in [-0.25, -0.2) is 14.3 Å². The lowest BCUT2D eigenvalue weighted by atomic mass is 10.0. The Hall–Kier alpha value is -3.61. The maximum atomic E-state index is 12.6. The Morgan fingerprint density at radius 1 is 1.00 bits per heavy atom. The van der Waals surface area contributed by atoms with Crippen LogP contribution in [0.15, 0.2) is 48.5 Å². The van der Waals surface area contributed by atoms with E-state index >= 15 is 0 Å². The molecular formula is C22H22N2O5. The third-order valence-electron chi connectivity index (χ3n) is 4.40. The molecular weight excluding hydrogens is 372 g/mol. The summed E-state index contributed by atoms with van der Waals surface area (Å²) in [6.07, 6.45) is 0. The van der Waals surface area contributed by atoms with Crippen molar-refractivity contribution < 1.29 is 23.8 Å². The van der Waals surface area contributed by atoms with Crippen LogP contribution in [0.1, 0.15) is 33.3 Å². The van der Waals surface area contributed by atoms with Crippen LogP contribution in [0.5, 0.6) is 5.75 Å². The molecule has 0 fully saturated rings. The third kappa shape index (κ3) is 3.85. The molecule has 0 unspecified atom stereocenters. The van der Waals surface area contributed by atoms with Crippen LogP contribution in [-0.2, 0) is 9.47 Å². The number of benzene rings is 2. The Morgan fingerprint density at radius 3 is 2.28 bits per heavy atom. The molecule has 0 aliphatic carbocycles. The summed E-state index contributed by atoms with van der Waals surface area (Å²) in [4.78, 5) is 25.2. The van der Waals surface area contributed by atoms with Crippen molar-refractivity contribution in [2.75, 3.05) is 20.8 Å². The van der Waals surface area contributed by atoms with Gasteiger partial charge in [0.05, 0.1) is 26.5 Å². The number of nitrogens with zero attached hydrogens (tertiary/aromatic N) is 2. The van der Waals surface area contributed by atoms with Crippen LogP contribution < -0.4 is 4.74 Å². The summed E-state index contributed by atoms with van der Waals surface area (Å²) in [6, 6.07) is 14.5. The smallest absolute Gasteiger partial charge is 0.357 e. The molecule has 0 spiro atoms. The summed E-state index contributed by atoms with van der Waals surface area (Å²) in [5.74, 6) is -0.615. The number of hydrogen-bond acceptors (Lipinski definition) is 6. The summed E-state index contributed by atoms with van der Waals surface area (Å²) in [5, 5.41) is 4.58. The monoisotopic (exact) mass is 394 g/mol. The highest BCUT2D eigenvalue weighted by Gasteiger charge is 2.31. The van der Waals surface area contributed by atoms with Crippen molar-refractivity contribution in [3.8, 4) is 22.7 Å². The Kier molecular flexibility index (Phi) is 5.97. The number of rotatable bonds is 6. The normalized spacial score (nSPS) is 10.5. The molecule has 0 saturated carbocycles. The molecule has 0 N–H and O–H groups in total. The van der Waals surface area contributed by atoms with Gasteiger partial charge in [0.15, 0.2) is 5.69 Å². The molecule has 0 atom stereocenters. The van der Waals surface area contributed by atoms with Crippen LogP contribution in [0.3, 0.4) is 0 Å². The van der Waals surface area contributed by atoms with Gasteiger partial charge in [0, 0.05) is 5.56 Å².